The van der Waals surface area contributed by atoms with Crippen LogP contribution in [0.5, 0.6) is 0 Å². The van der Waals surface area contributed by atoms with Crippen LogP contribution in [0.3, 0.4) is 0 Å². The Kier molecular flexibility index (Phi) is 3.41. The molecule has 2 N–H and O–H groups in total. The lowest BCUT2D eigenvalue weighted by Crippen LogP contribution is -2.11. The van der Waals surface area contributed by atoms with Gasteiger partial charge in [0.05, 0.1) is 15.7 Å². The Balaban J connectivity index is 3.19. The van der Waals surface area contributed by atoms with Gasteiger partial charge in [-0.05, 0) is 28.9 Å². The highest BCUT2D eigenvalue weighted by Crippen LogP contribution is 2.23. The largest absolute Gasteiger partial charge is 0.478 e. The molecule has 0 aromatic carbocycles. The van der Waals surface area contributed by atoms with E-state index in [4.69, 9.17) is 5.11 Å². The van der Waals surface area contributed by atoms with Gasteiger partial charge in [-0.15, -0.1) is 0 Å². The third-order valence-electron chi connectivity index (χ3n) is 1.69. The molecule has 0 atom stereocenters. The average Bonchev–Trinajstić information content (AvgIpc) is 2.09. The number of nitrogens with one attached hydrogen (secondary N) is 1. The number of pyridine rings is 1. The topological polar surface area (TPSA) is 79.3 Å². The Morgan fingerprint density at radius 3 is 2.60 bits per heavy atom. The highest BCUT2D eigenvalue weighted by atomic mass is 79.9. The Bertz CT molecular complexity index is 432. The second-order valence-electron chi connectivity index (χ2n) is 2.94. The smallest absolute Gasteiger partial charge is 0.337 e. The first-order chi connectivity index (χ1) is 6.91. The fourth-order valence-corrected chi connectivity index (χ4v) is 1.47. The minimum Gasteiger partial charge on any atom is -0.478 e. The molecular weight excluding hydrogens is 264 g/mol. The molecule has 0 aliphatic rings. The number of aryl methyl sites for hydroxylation is 1. The van der Waals surface area contributed by atoms with Crippen molar-refractivity contribution >= 4 is 33.6 Å². The van der Waals surface area contributed by atoms with Crippen molar-refractivity contribution in [3.63, 3.8) is 0 Å². The van der Waals surface area contributed by atoms with E-state index in [2.05, 4.69) is 26.2 Å². The summed E-state index contributed by atoms with van der Waals surface area (Å²) in [6.45, 7) is 2.93. The molecule has 0 bridgehead atoms. The van der Waals surface area contributed by atoms with Crippen molar-refractivity contribution < 1.29 is 14.7 Å². The van der Waals surface area contributed by atoms with Crippen LogP contribution in [0.4, 0.5) is 5.82 Å². The van der Waals surface area contributed by atoms with E-state index in [1.807, 2.05) is 0 Å². The van der Waals surface area contributed by atoms with E-state index in [0.717, 1.165) is 0 Å². The molecule has 15 heavy (non-hydrogen) atoms. The quantitative estimate of drug-likeness (QED) is 0.861. The maximum Gasteiger partial charge on any atom is 0.337 e. The number of carboxylic acids is 1. The van der Waals surface area contributed by atoms with Gasteiger partial charge in [-0.25, -0.2) is 9.78 Å². The normalized spacial score (nSPS) is 9.80. The molecule has 5 nitrogen and oxygen atoms in total. The summed E-state index contributed by atoms with van der Waals surface area (Å²) in [4.78, 5) is 25.5. The highest BCUT2D eigenvalue weighted by molar-refractivity contribution is 9.10. The second kappa shape index (κ2) is 4.39. The van der Waals surface area contributed by atoms with Gasteiger partial charge in [-0.1, -0.05) is 0 Å². The number of carboxylic acid groups (broad SMARTS) is 1. The minimum atomic E-state index is -1.05. The second-order valence-corrected chi connectivity index (χ2v) is 3.79. The molecule has 0 saturated carbocycles. The molecule has 1 rings (SSSR count). The van der Waals surface area contributed by atoms with Gasteiger partial charge in [0.25, 0.3) is 0 Å². The number of hydrogen-bond donors (Lipinski definition) is 2. The number of halogens is 1. The molecule has 1 aromatic rings. The molecule has 1 amide bonds. The minimum absolute atomic E-state index is 0.107. The molecule has 1 heterocycles. The lowest BCUT2D eigenvalue weighted by atomic mass is 10.2. The summed E-state index contributed by atoms with van der Waals surface area (Å²) in [6.07, 6.45) is 0. The predicted octanol–water partition coefficient (Wildman–Crippen LogP) is 1.81. The van der Waals surface area contributed by atoms with Crippen molar-refractivity contribution in [2.75, 3.05) is 5.32 Å². The van der Waals surface area contributed by atoms with E-state index in [-0.39, 0.29) is 11.5 Å². The summed E-state index contributed by atoms with van der Waals surface area (Å²) in [6, 6.07) is 1.41. The molecule has 0 spiro atoms. The van der Waals surface area contributed by atoms with Crippen LogP contribution in [0.1, 0.15) is 23.0 Å². The van der Waals surface area contributed by atoms with Crippen LogP contribution in [0.25, 0.3) is 0 Å². The summed E-state index contributed by atoms with van der Waals surface area (Å²) in [5.74, 6) is -0.981. The Labute approximate surface area is 94.6 Å². The lowest BCUT2D eigenvalue weighted by molar-refractivity contribution is -0.114. The summed E-state index contributed by atoms with van der Waals surface area (Å²) < 4.78 is 0.445. The van der Waals surface area contributed by atoms with Crippen LogP contribution < -0.4 is 5.32 Å². The standard InChI is InChI=1S/C9H9BrN2O3/c1-4-6(9(14)15)3-7(10)8(11-4)12-5(2)13/h3H,1-2H3,(H,14,15)(H,11,12,13). The van der Waals surface area contributed by atoms with Crippen LogP contribution in [0.2, 0.25) is 0 Å². The number of amides is 1. The van der Waals surface area contributed by atoms with E-state index in [1.54, 1.807) is 6.92 Å². The van der Waals surface area contributed by atoms with Crippen LogP contribution >= 0.6 is 15.9 Å². The Hall–Kier alpha value is -1.43. The number of nitrogens with zero attached hydrogens (tertiary/aromatic N) is 1. The molecular formula is C9H9BrN2O3. The van der Waals surface area contributed by atoms with Gasteiger partial charge in [-0.3, -0.25) is 4.79 Å². The van der Waals surface area contributed by atoms with Crippen LogP contribution in [0.15, 0.2) is 10.5 Å². The first-order valence-corrected chi connectivity index (χ1v) is 4.89. The Morgan fingerprint density at radius 1 is 1.53 bits per heavy atom. The van der Waals surface area contributed by atoms with Gasteiger partial charge in [0.1, 0.15) is 5.82 Å². The van der Waals surface area contributed by atoms with Gasteiger partial charge < -0.3 is 10.4 Å². The number of anilines is 1. The third kappa shape index (κ3) is 2.76. The van der Waals surface area contributed by atoms with E-state index in [1.165, 1.54) is 13.0 Å². The van der Waals surface area contributed by atoms with E-state index in [9.17, 15) is 9.59 Å². The number of carbonyl (C=O) groups is 2. The molecule has 0 aliphatic heterocycles. The first-order valence-electron chi connectivity index (χ1n) is 4.10. The van der Waals surface area contributed by atoms with E-state index >= 15 is 0 Å². The van der Waals surface area contributed by atoms with Crippen LogP contribution in [-0.4, -0.2) is 22.0 Å². The van der Waals surface area contributed by atoms with Gasteiger partial charge in [0.15, 0.2) is 0 Å². The predicted molar refractivity (Wildman–Crippen MR) is 57.9 cm³/mol. The molecule has 0 aliphatic carbocycles. The first kappa shape index (κ1) is 11.6. The Morgan fingerprint density at radius 2 is 2.13 bits per heavy atom. The molecule has 0 saturated heterocycles. The number of aromatic nitrogens is 1. The van der Waals surface area contributed by atoms with Crippen molar-refractivity contribution in [3.05, 3.63) is 21.8 Å². The summed E-state index contributed by atoms with van der Waals surface area (Å²) in [5.41, 5.74) is 0.463. The highest BCUT2D eigenvalue weighted by Gasteiger charge is 2.13. The van der Waals surface area contributed by atoms with Gasteiger partial charge in [0.2, 0.25) is 5.91 Å². The van der Waals surface area contributed by atoms with Crippen molar-refractivity contribution in [3.8, 4) is 0 Å². The fourth-order valence-electron chi connectivity index (χ4n) is 1.05. The van der Waals surface area contributed by atoms with E-state index in [0.29, 0.717) is 16.0 Å². The lowest BCUT2D eigenvalue weighted by Gasteiger charge is -2.07. The van der Waals surface area contributed by atoms with Crippen molar-refractivity contribution in [2.45, 2.75) is 13.8 Å². The molecule has 6 heteroatoms. The number of hydrogen-bond acceptors (Lipinski definition) is 3. The van der Waals surface area contributed by atoms with Crippen LogP contribution in [0, 0.1) is 6.92 Å². The molecule has 80 valence electrons. The van der Waals surface area contributed by atoms with Crippen molar-refractivity contribution in [1.82, 2.24) is 4.98 Å². The molecule has 0 radical (unpaired) electrons. The SMILES string of the molecule is CC(=O)Nc1nc(C)c(C(=O)O)cc1Br. The van der Waals surface area contributed by atoms with Gasteiger partial charge >= 0.3 is 5.97 Å². The molecule has 0 unspecified atom stereocenters. The monoisotopic (exact) mass is 272 g/mol. The summed E-state index contributed by atoms with van der Waals surface area (Å²) in [5, 5.41) is 11.3. The number of carbonyl (C=O) groups excluding carboxylic acids is 1. The summed E-state index contributed by atoms with van der Waals surface area (Å²) in [7, 11) is 0. The van der Waals surface area contributed by atoms with Crippen LogP contribution in [-0.2, 0) is 4.79 Å². The molecule has 1 aromatic heterocycles. The number of rotatable bonds is 2. The zero-order valence-corrected chi connectivity index (χ0v) is 9.75. The van der Waals surface area contributed by atoms with Gasteiger partial charge in [0, 0.05) is 6.92 Å². The maximum atomic E-state index is 10.8. The average molecular weight is 273 g/mol. The zero-order chi connectivity index (χ0) is 11.6. The zero-order valence-electron chi connectivity index (χ0n) is 8.17. The van der Waals surface area contributed by atoms with Crippen molar-refractivity contribution in [2.24, 2.45) is 0 Å². The summed E-state index contributed by atoms with van der Waals surface area (Å²) >= 11 is 3.14. The fraction of sp³-hybridized carbons (Fsp3) is 0.222. The third-order valence-corrected chi connectivity index (χ3v) is 2.30. The molecule has 0 fully saturated rings. The maximum absolute atomic E-state index is 10.8. The number of aromatic carboxylic acids is 1. The van der Waals surface area contributed by atoms with Crippen molar-refractivity contribution in [1.29, 1.82) is 0 Å². The van der Waals surface area contributed by atoms with E-state index < -0.39 is 5.97 Å². The van der Waals surface area contributed by atoms with Gasteiger partial charge in [-0.2, -0.15) is 0 Å².